The van der Waals surface area contributed by atoms with Gasteiger partial charge in [-0.15, -0.1) is 0 Å². The van der Waals surface area contributed by atoms with Crippen LogP contribution in [0.25, 0.3) is 0 Å². The van der Waals surface area contributed by atoms with Gasteiger partial charge in [-0.25, -0.2) is 9.59 Å². The zero-order chi connectivity index (χ0) is 24.4. The van der Waals surface area contributed by atoms with Gasteiger partial charge in [0.2, 0.25) is 0 Å². The molecule has 0 heterocycles. The molecule has 172 valence electrons. The van der Waals surface area contributed by atoms with Crippen molar-refractivity contribution in [3.05, 3.63) is 0 Å². The first-order valence-electron chi connectivity index (χ1n) is 7.65. The molecule has 30 heavy (non-hydrogen) atoms. The lowest BCUT2D eigenvalue weighted by atomic mass is 9.69. The molecule has 0 radical (unpaired) electrons. The lowest BCUT2D eigenvalue weighted by Crippen LogP contribution is -2.68. The van der Waals surface area contributed by atoms with Crippen LogP contribution in [0.15, 0.2) is 0 Å². The second-order valence-corrected chi connectivity index (χ2v) is 6.16. The lowest BCUT2D eigenvalue weighted by molar-refractivity contribution is -0.165. The average molecular weight is 442 g/mol. The predicted octanol–water partition coefficient (Wildman–Crippen LogP) is -3.84. The molecule has 16 heteroatoms. The molecule has 0 aromatic heterocycles. The van der Waals surface area contributed by atoms with Crippen molar-refractivity contribution in [2.45, 2.75) is 49.0 Å². The van der Waals surface area contributed by atoms with Crippen molar-refractivity contribution in [1.82, 2.24) is 0 Å². The monoisotopic (exact) mass is 442 g/mol. The quantitative estimate of drug-likeness (QED) is 0.138. The van der Waals surface area contributed by atoms with E-state index in [1.54, 1.807) is 0 Å². The molecule has 0 amide bonds. The number of carboxylic acid groups (broad SMARTS) is 6. The number of hydrogen-bond acceptors (Lipinski definition) is 10. The Labute approximate surface area is 166 Å². The van der Waals surface area contributed by atoms with Crippen molar-refractivity contribution in [3.63, 3.8) is 0 Å². The maximum absolute atomic E-state index is 10.8. The number of carboxylic acids is 6. The van der Waals surface area contributed by atoms with Crippen molar-refractivity contribution in [3.8, 4) is 0 Å². The maximum atomic E-state index is 10.8. The van der Waals surface area contributed by atoms with Gasteiger partial charge < -0.3 is 52.3 Å². The minimum Gasteiger partial charge on any atom is -0.481 e. The number of aliphatic carboxylic acids is 6. The fourth-order valence-electron chi connectivity index (χ4n) is 2.18. The molecule has 0 aliphatic carbocycles. The molecule has 0 rings (SSSR count). The number of carbonyl (C=O) groups is 6. The molecule has 0 fully saturated rings. The fraction of sp³-hybridized carbons (Fsp3) is 0.571. The third-order valence-electron chi connectivity index (χ3n) is 3.66. The van der Waals surface area contributed by atoms with Crippen LogP contribution in [0.1, 0.15) is 25.7 Å². The van der Waals surface area contributed by atoms with Gasteiger partial charge in [0.1, 0.15) is 0 Å². The second-order valence-electron chi connectivity index (χ2n) is 6.16. The van der Waals surface area contributed by atoms with Crippen molar-refractivity contribution in [2.24, 2.45) is 11.5 Å². The van der Waals surface area contributed by atoms with Crippen LogP contribution in [0.5, 0.6) is 0 Å². The molecule has 0 aromatic rings. The molecule has 0 aliphatic rings. The number of hydrogen-bond donors (Lipinski definition) is 10. The topological polar surface area (TPSA) is 316 Å². The van der Waals surface area contributed by atoms with Gasteiger partial charge in [0.05, 0.1) is 36.8 Å². The highest BCUT2D eigenvalue weighted by Gasteiger charge is 2.51. The van der Waals surface area contributed by atoms with E-state index in [1.165, 1.54) is 0 Å². The Morgan fingerprint density at radius 2 is 0.700 bits per heavy atom. The smallest absolute Gasteiger partial charge is 0.335 e. The van der Waals surface area contributed by atoms with Crippen LogP contribution in [0.4, 0.5) is 0 Å². The SMILES string of the molecule is NC(CC(=O)O)(CC(=O)O)C(N)(CC(=O)O)CC(=O)O.O=C(O)C(O)C(O)C(=O)O. The molecule has 0 saturated carbocycles. The Kier molecular flexibility index (Phi) is 11.2. The van der Waals surface area contributed by atoms with Crippen molar-refractivity contribution >= 4 is 35.8 Å². The summed E-state index contributed by atoms with van der Waals surface area (Å²) in [5.74, 6) is -9.60. The van der Waals surface area contributed by atoms with Crippen LogP contribution in [-0.2, 0) is 28.8 Å². The molecule has 2 unspecified atom stereocenters. The first kappa shape index (κ1) is 28.9. The Balaban J connectivity index is 0. The third-order valence-corrected chi connectivity index (χ3v) is 3.66. The molecule has 0 bridgehead atoms. The van der Waals surface area contributed by atoms with Gasteiger partial charge in [0, 0.05) is 0 Å². The van der Waals surface area contributed by atoms with E-state index in [9.17, 15) is 28.8 Å². The first-order chi connectivity index (χ1) is 13.4. The summed E-state index contributed by atoms with van der Waals surface area (Å²) in [7, 11) is 0. The largest absolute Gasteiger partial charge is 0.481 e. The minimum absolute atomic E-state index is 0.976. The van der Waals surface area contributed by atoms with Crippen LogP contribution in [0, 0.1) is 0 Å². The van der Waals surface area contributed by atoms with E-state index < -0.39 is 84.8 Å². The highest BCUT2D eigenvalue weighted by Crippen LogP contribution is 2.31. The molecule has 2 atom stereocenters. The van der Waals surface area contributed by atoms with Gasteiger partial charge in [0.15, 0.2) is 12.2 Å². The van der Waals surface area contributed by atoms with Gasteiger partial charge in [-0.05, 0) is 0 Å². The van der Waals surface area contributed by atoms with Crippen LogP contribution < -0.4 is 11.5 Å². The second kappa shape index (κ2) is 11.6. The zero-order valence-electron chi connectivity index (χ0n) is 15.2. The normalized spacial score (nSPS) is 13.2. The molecule has 16 nitrogen and oxygen atoms in total. The number of nitrogens with two attached hydrogens (primary N) is 2. The molecule has 0 saturated heterocycles. The van der Waals surface area contributed by atoms with E-state index in [1.807, 2.05) is 0 Å². The van der Waals surface area contributed by atoms with E-state index in [0.717, 1.165) is 0 Å². The van der Waals surface area contributed by atoms with Crippen LogP contribution in [0.3, 0.4) is 0 Å². The fourth-order valence-corrected chi connectivity index (χ4v) is 2.18. The average Bonchev–Trinajstić information content (AvgIpc) is 2.50. The van der Waals surface area contributed by atoms with Gasteiger partial charge in [-0.1, -0.05) is 0 Å². The predicted molar refractivity (Wildman–Crippen MR) is 90.1 cm³/mol. The number of aliphatic hydroxyl groups excluding tert-OH is 2. The van der Waals surface area contributed by atoms with Crippen molar-refractivity contribution in [2.75, 3.05) is 0 Å². The van der Waals surface area contributed by atoms with Crippen molar-refractivity contribution in [1.29, 1.82) is 0 Å². The summed E-state index contributed by atoms with van der Waals surface area (Å²) in [6, 6.07) is 0. The lowest BCUT2D eigenvalue weighted by Gasteiger charge is -2.42. The van der Waals surface area contributed by atoms with Gasteiger partial charge >= 0.3 is 35.8 Å². The summed E-state index contributed by atoms with van der Waals surface area (Å²) in [6.07, 6.45) is -8.44. The maximum Gasteiger partial charge on any atom is 0.335 e. The van der Waals surface area contributed by atoms with E-state index in [0.29, 0.717) is 0 Å². The first-order valence-corrected chi connectivity index (χ1v) is 7.65. The molecular weight excluding hydrogens is 420 g/mol. The summed E-state index contributed by atoms with van der Waals surface area (Å²) < 4.78 is 0. The Bertz CT molecular complexity index is 600. The molecule has 0 aromatic carbocycles. The zero-order valence-corrected chi connectivity index (χ0v) is 15.2. The minimum atomic E-state index is -2.27. The Morgan fingerprint density at radius 1 is 0.533 bits per heavy atom. The standard InChI is InChI=1S/C10H16N2O8.C4H6O6/c11-9(1-5(13)14,2-6(15)16)10(12,3-7(17)18)4-8(19)20;5-1(3(7)8)2(6)4(9)10/h1-4,11-12H2,(H,13,14)(H,15,16)(H,17,18)(H,19,20);1-2,5-6H,(H,7,8)(H,9,10). The van der Waals surface area contributed by atoms with Crippen molar-refractivity contribution < 1.29 is 69.6 Å². The molecule has 0 spiro atoms. The van der Waals surface area contributed by atoms with E-state index in [2.05, 4.69) is 0 Å². The number of aliphatic hydroxyl groups is 2. The van der Waals surface area contributed by atoms with Crippen LogP contribution in [-0.4, -0.2) is 100.0 Å². The highest BCUT2D eigenvalue weighted by atomic mass is 16.4. The van der Waals surface area contributed by atoms with Gasteiger partial charge in [0.25, 0.3) is 0 Å². The van der Waals surface area contributed by atoms with E-state index in [4.69, 9.17) is 52.3 Å². The Hall–Kier alpha value is -3.34. The van der Waals surface area contributed by atoms with E-state index in [-0.39, 0.29) is 0 Å². The van der Waals surface area contributed by atoms with E-state index >= 15 is 0 Å². The summed E-state index contributed by atoms with van der Waals surface area (Å²) in [5, 5.41) is 67.6. The van der Waals surface area contributed by atoms with Gasteiger partial charge in [-0.3, -0.25) is 19.2 Å². The highest BCUT2D eigenvalue weighted by molar-refractivity contribution is 5.83. The third kappa shape index (κ3) is 9.73. The summed E-state index contributed by atoms with van der Waals surface area (Å²) in [4.78, 5) is 62.7. The van der Waals surface area contributed by atoms with Gasteiger partial charge in [-0.2, -0.15) is 0 Å². The summed E-state index contributed by atoms with van der Waals surface area (Å²) >= 11 is 0. The molecule has 0 aliphatic heterocycles. The van der Waals surface area contributed by atoms with Crippen LogP contribution >= 0.6 is 0 Å². The number of rotatable bonds is 12. The molecule has 12 N–H and O–H groups in total. The summed E-state index contributed by atoms with van der Waals surface area (Å²) in [6.45, 7) is 0. The summed E-state index contributed by atoms with van der Waals surface area (Å²) in [5.41, 5.74) is 6.88. The van der Waals surface area contributed by atoms with Crippen LogP contribution in [0.2, 0.25) is 0 Å². The molecular formula is C14H22N2O14. The Morgan fingerprint density at radius 3 is 0.800 bits per heavy atom.